The van der Waals surface area contributed by atoms with Crippen molar-refractivity contribution in [3.63, 3.8) is 0 Å². The minimum atomic E-state index is -0.362. The fourth-order valence-electron chi connectivity index (χ4n) is 2.38. The summed E-state index contributed by atoms with van der Waals surface area (Å²) < 4.78 is 5.82. The highest BCUT2D eigenvalue weighted by Gasteiger charge is 2.12. The molecule has 0 spiro atoms. The minimum Gasteiger partial charge on any atom is -0.462 e. The fourth-order valence-corrected chi connectivity index (χ4v) is 3.28. The first-order chi connectivity index (χ1) is 12.1. The number of rotatable bonds is 5. The van der Waals surface area contributed by atoms with E-state index in [9.17, 15) is 9.59 Å². The highest BCUT2D eigenvalue weighted by molar-refractivity contribution is 7.22. The summed E-state index contributed by atoms with van der Waals surface area (Å²) >= 11 is 1.33. The number of carbonyl (C=O) groups is 2. The Bertz CT molecular complexity index is 916. The van der Waals surface area contributed by atoms with E-state index in [0.717, 1.165) is 16.6 Å². The number of fused-ring (bicyclic) bond motifs is 1. The predicted octanol–water partition coefficient (Wildman–Crippen LogP) is 4.29. The van der Waals surface area contributed by atoms with Crippen LogP contribution in [0.15, 0.2) is 42.5 Å². The molecule has 0 unspecified atom stereocenters. The highest BCUT2D eigenvalue weighted by Crippen LogP contribution is 2.27. The van der Waals surface area contributed by atoms with Gasteiger partial charge in [0, 0.05) is 5.56 Å². The van der Waals surface area contributed by atoms with E-state index in [1.54, 1.807) is 37.3 Å². The van der Waals surface area contributed by atoms with E-state index in [1.165, 1.54) is 16.9 Å². The largest absolute Gasteiger partial charge is 0.462 e. The molecule has 0 aliphatic heterocycles. The molecule has 0 atom stereocenters. The normalized spacial score (nSPS) is 10.6. The number of aromatic nitrogens is 1. The number of hydrogen-bond donors (Lipinski definition) is 1. The average molecular weight is 354 g/mol. The number of thiazole rings is 1. The monoisotopic (exact) mass is 354 g/mol. The molecule has 1 N–H and O–H groups in total. The summed E-state index contributed by atoms with van der Waals surface area (Å²) in [5.41, 5.74) is 2.98. The van der Waals surface area contributed by atoms with Crippen molar-refractivity contribution in [3.05, 3.63) is 59.2 Å². The quantitative estimate of drug-likeness (QED) is 0.694. The van der Waals surface area contributed by atoms with Crippen LogP contribution in [0.25, 0.3) is 10.2 Å². The number of ether oxygens (including phenoxy) is 1. The topological polar surface area (TPSA) is 68.3 Å². The maximum Gasteiger partial charge on any atom is 0.338 e. The van der Waals surface area contributed by atoms with Gasteiger partial charge in [-0.2, -0.15) is 0 Å². The van der Waals surface area contributed by atoms with Crippen LogP contribution in [0.2, 0.25) is 0 Å². The molecule has 5 nitrogen and oxygen atoms in total. The van der Waals surface area contributed by atoms with Gasteiger partial charge in [0.05, 0.1) is 22.4 Å². The molecule has 2 aromatic carbocycles. The summed E-state index contributed by atoms with van der Waals surface area (Å²) in [6, 6.07) is 12.7. The van der Waals surface area contributed by atoms with Crippen LogP contribution >= 0.6 is 11.3 Å². The maximum absolute atomic E-state index is 12.3. The minimum absolute atomic E-state index is 0.202. The molecule has 0 aliphatic rings. The van der Waals surface area contributed by atoms with Gasteiger partial charge in [-0.15, -0.1) is 0 Å². The van der Waals surface area contributed by atoms with Crippen LogP contribution < -0.4 is 5.32 Å². The third-order valence-corrected chi connectivity index (χ3v) is 4.68. The van der Waals surface area contributed by atoms with Crippen molar-refractivity contribution in [2.75, 3.05) is 11.9 Å². The van der Waals surface area contributed by atoms with Crippen LogP contribution in [0.4, 0.5) is 5.13 Å². The third kappa shape index (κ3) is 3.85. The van der Waals surface area contributed by atoms with Gasteiger partial charge in [0.25, 0.3) is 5.91 Å². The second-order valence-electron chi connectivity index (χ2n) is 5.43. The van der Waals surface area contributed by atoms with Gasteiger partial charge >= 0.3 is 5.97 Å². The van der Waals surface area contributed by atoms with Crippen molar-refractivity contribution in [3.8, 4) is 0 Å². The third-order valence-electron chi connectivity index (χ3n) is 3.74. The number of carbonyl (C=O) groups excluding carboxylic acids is 2. The second-order valence-corrected chi connectivity index (χ2v) is 6.46. The number of nitrogens with zero attached hydrogens (tertiary/aromatic N) is 1. The van der Waals surface area contributed by atoms with Crippen LogP contribution in [-0.4, -0.2) is 23.5 Å². The maximum atomic E-state index is 12.3. The molecule has 0 saturated heterocycles. The van der Waals surface area contributed by atoms with Gasteiger partial charge in [-0.3, -0.25) is 10.1 Å². The number of anilines is 1. The number of esters is 1. The second kappa shape index (κ2) is 7.44. The molecule has 1 aromatic heterocycles. The van der Waals surface area contributed by atoms with Gasteiger partial charge < -0.3 is 4.74 Å². The van der Waals surface area contributed by atoms with Crippen molar-refractivity contribution in [1.82, 2.24) is 4.98 Å². The molecule has 3 rings (SSSR count). The zero-order valence-electron chi connectivity index (χ0n) is 14.0. The first-order valence-electron chi connectivity index (χ1n) is 8.08. The van der Waals surface area contributed by atoms with E-state index in [-0.39, 0.29) is 11.9 Å². The Labute approximate surface area is 149 Å². The zero-order chi connectivity index (χ0) is 17.8. The van der Waals surface area contributed by atoms with E-state index in [4.69, 9.17) is 4.74 Å². The van der Waals surface area contributed by atoms with Crippen molar-refractivity contribution in [2.45, 2.75) is 20.3 Å². The number of aryl methyl sites for hydroxylation is 1. The summed E-state index contributed by atoms with van der Waals surface area (Å²) in [5.74, 6) is -0.563. The van der Waals surface area contributed by atoms with Crippen molar-refractivity contribution >= 4 is 38.6 Å². The van der Waals surface area contributed by atoms with Crippen molar-refractivity contribution in [2.24, 2.45) is 0 Å². The van der Waals surface area contributed by atoms with Crippen LogP contribution in [0.3, 0.4) is 0 Å². The first kappa shape index (κ1) is 17.1. The summed E-state index contributed by atoms with van der Waals surface area (Å²) in [5, 5.41) is 3.31. The molecule has 1 amide bonds. The van der Waals surface area contributed by atoms with Gasteiger partial charge in [0.1, 0.15) is 0 Å². The molecule has 0 aliphatic carbocycles. The van der Waals surface area contributed by atoms with Gasteiger partial charge in [0.15, 0.2) is 5.13 Å². The smallest absolute Gasteiger partial charge is 0.338 e. The summed E-state index contributed by atoms with van der Waals surface area (Å²) in [7, 11) is 0. The molecular weight excluding hydrogens is 336 g/mol. The van der Waals surface area contributed by atoms with Crippen LogP contribution in [0.1, 0.15) is 40.1 Å². The number of nitrogens with one attached hydrogen (secondary N) is 1. The van der Waals surface area contributed by atoms with Crippen LogP contribution in [0, 0.1) is 0 Å². The Hall–Kier alpha value is -2.73. The molecule has 0 bridgehead atoms. The van der Waals surface area contributed by atoms with Gasteiger partial charge in [-0.1, -0.05) is 30.4 Å². The molecule has 0 radical (unpaired) electrons. The lowest BCUT2D eigenvalue weighted by Gasteiger charge is -2.02. The Morgan fingerprint density at radius 1 is 1.08 bits per heavy atom. The summed E-state index contributed by atoms with van der Waals surface area (Å²) in [6.07, 6.45) is 0.933. The van der Waals surface area contributed by atoms with Crippen molar-refractivity contribution < 1.29 is 14.3 Å². The molecule has 128 valence electrons. The number of amides is 1. The lowest BCUT2D eigenvalue weighted by Crippen LogP contribution is -2.11. The van der Waals surface area contributed by atoms with Crippen LogP contribution in [0.5, 0.6) is 0 Å². The molecule has 3 aromatic rings. The van der Waals surface area contributed by atoms with Gasteiger partial charge in [-0.05, 0) is 49.2 Å². The lowest BCUT2D eigenvalue weighted by molar-refractivity contribution is 0.0526. The Balaban J connectivity index is 1.79. The zero-order valence-corrected chi connectivity index (χ0v) is 14.9. The molecule has 25 heavy (non-hydrogen) atoms. The standard InChI is InChI=1S/C19H18N2O3S/c1-3-12-5-7-13(8-6-12)17(22)21-19-20-15-10-9-14(11-16(15)25-19)18(23)24-4-2/h5-11H,3-4H2,1-2H3,(H,20,21,22). The van der Waals surface area contributed by atoms with E-state index >= 15 is 0 Å². The Morgan fingerprint density at radius 3 is 2.48 bits per heavy atom. The fraction of sp³-hybridized carbons (Fsp3) is 0.211. The molecular formula is C19H18N2O3S. The molecule has 0 saturated carbocycles. The Morgan fingerprint density at radius 2 is 1.80 bits per heavy atom. The van der Waals surface area contributed by atoms with Gasteiger partial charge in [-0.25, -0.2) is 9.78 Å². The number of benzene rings is 2. The molecule has 1 heterocycles. The summed E-state index contributed by atoms with van der Waals surface area (Å²) in [6.45, 7) is 4.17. The van der Waals surface area contributed by atoms with E-state index < -0.39 is 0 Å². The molecule has 6 heteroatoms. The van der Waals surface area contributed by atoms with E-state index in [2.05, 4.69) is 17.2 Å². The highest BCUT2D eigenvalue weighted by atomic mass is 32.1. The SMILES string of the molecule is CCOC(=O)c1ccc2nc(NC(=O)c3ccc(CC)cc3)sc2c1. The predicted molar refractivity (Wildman–Crippen MR) is 99.3 cm³/mol. The van der Waals surface area contributed by atoms with Gasteiger partial charge in [0.2, 0.25) is 0 Å². The average Bonchev–Trinajstić information content (AvgIpc) is 3.03. The Kier molecular flexibility index (Phi) is 5.09. The van der Waals surface area contributed by atoms with Crippen molar-refractivity contribution in [1.29, 1.82) is 0 Å². The van der Waals surface area contributed by atoms with E-state index in [1.807, 2.05) is 12.1 Å². The van der Waals surface area contributed by atoms with E-state index in [0.29, 0.717) is 22.9 Å². The molecule has 0 fully saturated rings. The first-order valence-corrected chi connectivity index (χ1v) is 8.90. The number of hydrogen-bond acceptors (Lipinski definition) is 5. The lowest BCUT2D eigenvalue weighted by atomic mass is 10.1. The summed E-state index contributed by atoms with van der Waals surface area (Å²) in [4.78, 5) is 28.5. The van der Waals surface area contributed by atoms with Crippen LogP contribution in [-0.2, 0) is 11.2 Å².